The number of nitrogens with zero attached hydrogens (tertiary/aromatic N) is 1. The highest BCUT2D eigenvalue weighted by Crippen LogP contribution is 2.20. The van der Waals surface area contributed by atoms with E-state index < -0.39 is 0 Å². The van der Waals surface area contributed by atoms with Gasteiger partial charge < -0.3 is 4.74 Å². The maximum absolute atomic E-state index is 5.08. The van der Waals surface area contributed by atoms with Crippen molar-refractivity contribution in [2.45, 2.75) is 5.33 Å². The molecule has 0 aliphatic carbocycles. The summed E-state index contributed by atoms with van der Waals surface area (Å²) in [5.74, 6) is 0.810. The van der Waals surface area contributed by atoms with Gasteiger partial charge in [0.25, 0.3) is 0 Å². The number of aromatic nitrogens is 1. The SMILES string of the molecule is COc1ccc(Br)nc1CBr. The third-order valence-electron chi connectivity index (χ3n) is 1.24. The van der Waals surface area contributed by atoms with Gasteiger partial charge in [-0.2, -0.15) is 0 Å². The molecule has 4 heteroatoms. The lowest BCUT2D eigenvalue weighted by Gasteiger charge is -2.03. The van der Waals surface area contributed by atoms with Gasteiger partial charge in [-0.1, -0.05) is 15.9 Å². The molecule has 0 fully saturated rings. The molecular weight excluding hydrogens is 274 g/mol. The Hall–Kier alpha value is -0.0900. The Morgan fingerprint density at radius 1 is 1.55 bits per heavy atom. The fraction of sp³-hybridized carbons (Fsp3) is 0.286. The van der Waals surface area contributed by atoms with Crippen LogP contribution in [0.4, 0.5) is 0 Å². The van der Waals surface area contributed by atoms with Crippen LogP contribution in [0.1, 0.15) is 5.69 Å². The van der Waals surface area contributed by atoms with Crippen molar-refractivity contribution >= 4 is 31.9 Å². The molecule has 11 heavy (non-hydrogen) atoms. The highest BCUT2D eigenvalue weighted by molar-refractivity contribution is 9.10. The number of hydrogen-bond donors (Lipinski definition) is 0. The second kappa shape index (κ2) is 4.07. The van der Waals surface area contributed by atoms with Crippen LogP contribution in [-0.2, 0) is 5.33 Å². The van der Waals surface area contributed by atoms with Gasteiger partial charge in [-0.25, -0.2) is 4.98 Å². The van der Waals surface area contributed by atoms with E-state index >= 15 is 0 Å². The number of pyridine rings is 1. The summed E-state index contributed by atoms with van der Waals surface area (Å²) in [7, 11) is 1.64. The van der Waals surface area contributed by atoms with Crippen LogP contribution in [0.25, 0.3) is 0 Å². The van der Waals surface area contributed by atoms with Gasteiger partial charge in [0.2, 0.25) is 0 Å². The lowest BCUT2D eigenvalue weighted by molar-refractivity contribution is 0.408. The molecule has 1 rings (SSSR count). The minimum atomic E-state index is 0.704. The van der Waals surface area contributed by atoms with Gasteiger partial charge in [0.15, 0.2) is 0 Å². The van der Waals surface area contributed by atoms with E-state index in [2.05, 4.69) is 36.8 Å². The molecule has 0 saturated carbocycles. The standard InChI is InChI=1S/C7H7Br2NO/c1-11-6-2-3-7(9)10-5(6)4-8/h2-3H,4H2,1H3. The van der Waals surface area contributed by atoms with Crippen molar-refractivity contribution in [3.63, 3.8) is 0 Å². The summed E-state index contributed by atoms with van der Waals surface area (Å²) in [6.07, 6.45) is 0. The first kappa shape index (κ1) is 9.00. The summed E-state index contributed by atoms with van der Waals surface area (Å²) >= 11 is 6.60. The Morgan fingerprint density at radius 3 is 2.82 bits per heavy atom. The van der Waals surface area contributed by atoms with E-state index in [0.717, 1.165) is 16.0 Å². The smallest absolute Gasteiger partial charge is 0.141 e. The van der Waals surface area contributed by atoms with Crippen LogP contribution >= 0.6 is 31.9 Å². The van der Waals surface area contributed by atoms with Crippen LogP contribution in [0.5, 0.6) is 5.75 Å². The number of halogens is 2. The largest absolute Gasteiger partial charge is 0.495 e. The fourth-order valence-electron chi connectivity index (χ4n) is 0.744. The van der Waals surface area contributed by atoms with E-state index in [1.165, 1.54) is 0 Å². The van der Waals surface area contributed by atoms with E-state index in [0.29, 0.717) is 5.33 Å². The molecule has 60 valence electrons. The van der Waals surface area contributed by atoms with E-state index in [1.54, 1.807) is 7.11 Å². The summed E-state index contributed by atoms with van der Waals surface area (Å²) in [5.41, 5.74) is 0.905. The fourth-order valence-corrected chi connectivity index (χ4v) is 1.49. The molecule has 0 aromatic carbocycles. The molecular formula is C7H7Br2NO. The van der Waals surface area contributed by atoms with Crippen molar-refractivity contribution in [2.75, 3.05) is 7.11 Å². The first-order chi connectivity index (χ1) is 5.27. The van der Waals surface area contributed by atoms with Gasteiger partial charge in [0.1, 0.15) is 10.4 Å². The molecule has 0 aliphatic heterocycles. The van der Waals surface area contributed by atoms with E-state index in [9.17, 15) is 0 Å². The van der Waals surface area contributed by atoms with Crippen LogP contribution in [0, 0.1) is 0 Å². The van der Waals surface area contributed by atoms with Crippen LogP contribution in [0.3, 0.4) is 0 Å². The zero-order valence-corrected chi connectivity index (χ0v) is 9.15. The lowest BCUT2D eigenvalue weighted by atomic mass is 10.3. The minimum Gasteiger partial charge on any atom is -0.495 e. The Kier molecular flexibility index (Phi) is 3.33. The van der Waals surface area contributed by atoms with Crippen LogP contribution in [0.2, 0.25) is 0 Å². The Bertz CT molecular complexity index is 252. The average molecular weight is 281 g/mol. The first-order valence-corrected chi connectivity index (χ1v) is 4.94. The summed E-state index contributed by atoms with van der Waals surface area (Å²) in [6.45, 7) is 0. The van der Waals surface area contributed by atoms with Crippen molar-refractivity contribution in [3.05, 3.63) is 22.4 Å². The van der Waals surface area contributed by atoms with Crippen molar-refractivity contribution in [2.24, 2.45) is 0 Å². The second-order valence-corrected chi connectivity index (χ2v) is 3.29. The molecule has 0 aliphatic rings. The van der Waals surface area contributed by atoms with Crippen LogP contribution in [-0.4, -0.2) is 12.1 Å². The predicted molar refractivity (Wildman–Crippen MR) is 51.1 cm³/mol. The van der Waals surface area contributed by atoms with Crippen molar-refractivity contribution in [3.8, 4) is 5.75 Å². The Balaban J connectivity index is 3.06. The van der Waals surface area contributed by atoms with Gasteiger partial charge in [-0.15, -0.1) is 0 Å². The number of methoxy groups -OCH3 is 1. The third kappa shape index (κ3) is 2.17. The maximum Gasteiger partial charge on any atom is 0.141 e. The highest BCUT2D eigenvalue weighted by Gasteiger charge is 2.02. The van der Waals surface area contributed by atoms with Crippen molar-refractivity contribution in [1.82, 2.24) is 4.98 Å². The van der Waals surface area contributed by atoms with Gasteiger partial charge in [-0.3, -0.25) is 0 Å². The molecule has 0 radical (unpaired) electrons. The quantitative estimate of drug-likeness (QED) is 0.614. The molecule has 0 unspecified atom stereocenters. The Labute approximate surface area is 82.2 Å². The Morgan fingerprint density at radius 2 is 2.27 bits per heavy atom. The lowest BCUT2D eigenvalue weighted by Crippen LogP contribution is -1.92. The molecule has 0 bridgehead atoms. The molecule has 1 aromatic heterocycles. The average Bonchev–Trinajstić information content (AvgIpc) is 2.04. The number of alkyl halides is 1. The van der Waals surface area contributed by atoms with Crippen molar-refractivity contribution < 1.29 is 4.74 Å². The predicted octanol–water partition coefficient (Wildman–Crippen LogP) is 2.75. The number of ether oxygens (including phenoxy) is 1. The van der Waals surface area contributed by atoms with Gasteiger partial charge in [0, 0.05) is 5.33 Å². The summed E-state index contributed by atoms with van der Waals surface area (Å²) in [4.78, 5) is 4.21. The molecule has 0 spiro atoms. The van der Waals surface area contributed by atoms with E-state index in [4.69, 9.17) is 4.74 Å². The van der Waals surface area contributed by atoms with E-state index in [-0.39, 0.29) is 0 Å². The second-order valence-electron chi connectivity index (χ2n) is 1.92. The molecule has 0 saturated heterocycles. The molecule has 0 atom stereocenters. The van der Waals surface area contributed by atoms with Crippen LogP contribution < -0.4 is 4.74 Å². The molecule has 2 nitrogen and oxygen atoms in total. The number of hydrogen-bond acceptors (Lipinski definition) is 2. The monoisotopic (exact) mass is 279 g/mol. The zero-order valence-electron chi connectivity index (χ0n) is 5.97. The third-order valence-corrected chi connectivity index (χ3v) is 2.22. The summed E-state index contributed by atoms with van der Waals surface area (Å²) < 4.78 is 5.90. The molecule has 0 amide bonds. The highest BCUT2D eigenvalue weighted by atomic mass is 79.9. The van der Waals surface area contributed by atoms with Gasteiger partial charge in [0.05, 0.1) is 12.8 Å². The summed E-state index contributed by atoms with van der Waals surface area (Å²) in [5, 5.41) is 0.704. The molecule has 1 aromatic rings. The van der Waals surface area contributed by atoms with Gasteiger partial charge >= 0.3 is 0 Å². The molecule has 1 heterocycles. The number of rotatable bonds is 2. The zero-order chi connectivity index (χ0) is 8.27. The van der Waals surface area contributed by atoms with Gasteiger partial charge in [-0.05, 0) is 28.1 Å². The molecule has 0 N–H and O–H groups in total. The van der Waals surface area contributed by atoms with Crippen molar-refractivity contribution in [1.29, 1.82) is 0 Å². The topological polar surface area (TPSA) is 22.1 Å². The van der Waals surface area contributed by atoms with Crippen LogP contribution in [0.15, 0.2) is 16.7 Å². The maximum atomic E-state index is 5.08. The normalized spacial score (nSPS) is 9.73. The summed E-state index contributed by atoms with van der Waals surface area (Å²) in [6, 6.07) is 3.73. The van der Waals surface area contributed by atoms with E-state index in [1.807, 2.05) is 12.1 Å². The first-order valence-electron chi connectivity index (χ1n) is 3.03. The minimum absolute atomic E-state index is 0.704.